The van der Waals surface area contributed by atoms with Crippen LogP contribution in [0.15, 0.2) is 0 Å². The molecule has 1 atom stereocenters. The Balaban J connectivity index is 4.51. The lowest BCUT2D eigenvalue weighted by Crippen LogP contribution is -2.35. The van der Waals surface area contributed by atoms with E-state index >= 15 is 0 Å². The van der Waals surface area contributed by atoms with Crippen molar-refractivity contribution in [3.8, 4) is 0 Å². The van der Waals surface area contributed by atoms with E-state index in [1.807, 2.05) is 6.92 Å². The highest BCUT2D eigenvalue weighted by Gasteiger charge is 2.35. The van der Waals surface area contributed by atoms with Crippen molar-refractivity contribution in [1.82, 2.24) is 0 Å². The van der Waals surface area contributed by atoms with E-state index < -0.39 is 0 Å². The van der Waals surface area contributed by atoms with Crippen molar-refractivity contribution in [1.29, 1.82) is 0 Å². The number of methoxy groups -OCH3 is 1. The minimum Gasteiger partial charge on any atom is -0.469 e. The lowest BCUT2D eigenvalue weighted by atomic mass is 9.75. The summed E-state index contributed by atoms with van der Waals surface area (Å²) in [5.74, 6) is -0.321. The minimum absolute atomic E-state index is 0.0573. The zero-order valence-corrected chi connectivity index (χ0v) is 11.3. The zero-order valence-electron chi connectivity index (χ0n) is 11.3. The van der Waals surface area contributed by atoms with Crippen LogP contribution in [0.3, 0.4) is 0 Å². The standard InChI is InChI=1S/C13H26O3/c1-6-8-9-13(3,4)11(10-16-7-2)12(14)15-5/h11H,6-10H2,1-5H3. The number of carbonyl (C=O) groups is 1. The van der Waals surface area contributed by atoms with Crippen LogP contribution in [0, 0.1) is 11.3 Å². The fourth-order valence-corrected chi connectivity index (χ4v) is 1.80. The summed E-state index contributed by atoms with van der Waals surface area (Å²) >= 11 is 0. The average Bonchev–Trinajstić information content (AvgIpc) is 2.26. The average molecular weight is 230 g/mol. The first kappa shape index (κ1) is 15.4. The second-order valence-electron chi connectivity index (χ2n) is 4.83. The van der Waals surface area contributed by atoms with Crippen molar-refractivity contribution in [3.05, 3.63) is 0 Å². The van der Waals surface area contributed by atoms with Crippen LogP contribution in [-0.4, -0.2) is 26.3 Å². The number of esters is 1. The summed E-state index contributed by atoms with van der Waals surface area (Å²) in [6.45, 7) is 9.42. The molecule has 0 rings (SSSR count). The van der Waals surface area contributed by atoms with Gasteiger partial charge in [-0.05, 0) is 18.8 Å². The van der Waals surface area contributed by atoms with Gasteiger partial charge < -0.3 is 9.47 Å². The molecule has 16 heavy (non-hydrogen) atoms. The van der Waals surface area contributed by atoms with Gasteiger partial charge in [-0.2, -0.15) is 0 Å². The van der Waals surface area contributed by atoms with Crippen molar-refractivity contribution < 1.29 is 14.3 Å². The molecule has 0 fully saturated rings. The van der Waals surface area contributed by atoms with Crippen molar-refractivity contribution in [2.75, 3.05) is 20.3 Å². The molecule has 0 aromatic rings. The maximum atomic E-state index is 11.7. The summed E-state index contributed by atoms with van der Waals surface area (Å²) in [4.78, 5) is 11.7. The predicted molar refractivity (Wildman–Crippen MR) is 65.3 cm³/mol. The summed E-state index contributed by atoms with van der Waals surface area (Å²) in [7, 11) is 1.44. The molecular weight excluding hydrogens is 204 g/mol. The van der Waals surface area contributed by atoms with Gasteiger partial charge in [0, 0.05) is 6.61 Å². The Kier molecular flexibility index (Phi) is 7.39. The van der Waals surface area contributed by atoms with Crippen LogP contribution in [0.4, 0.5) is 0 Å². The second kappa shape index (κ2) is 7.66. The van der Waals surface area contributed by atoms with Crippen LogP contribution in [-0.2, 0) is 14.3 Å². The molecule has 1 unspecified atom stereocenters. The lowest BCUT2D eigenvalue weighted by Gasteiger charge is -2.32. The molecule has 3 heteroatoms. The van der Waals surface area contributed by atoms with Crippen LogP contribution in [0.25, 0.3) is 0 Å². The molecule has 0 saturated carbocycles. The van der Waals surface area contributed by atoms with Gasteiger partial charge in [-0.1, -0.05) is 33.6 Å². The highest BCUT2D eigenvalue weighted by molar-refractivity contribution is 5.73. The van der Waals surface area contributed by atoms with E-state index in [0.717, 1.165) is 19.3 Å². The molecule has 0 saturated heterocycles. The van der Waals surface area contributed by atoms with E-state index in [0.29, 0.717) is 13.2 Å². The van der Waals surface area contributed by atoms with Gasteiger partial charge in [0.2, 0.25) is 0 Å². The lowest BCUT2D eigenvalue weighted by molar-refractivity contribution is -0.153. The van der Waals surface area contributed by atoms with Gasteiger partial charge in [-0.25, -0.2) is 0 Å². The minimum atomic E-state index is -0.163. The molecule has 0 spiro atoms. The third kappa shape index (κ3) is 4.97. The van der Waals surface area contributed by atoms with Crippen molar-refractivity contribution >= 4 is 5.97 Å². The van der Waals surface area contributed by atoms with Crippen molar-refractivity contribution in [2.45, 2.75) is 47.0 Å². The van der Waals surface area contributed by atoms with E-state index in [1.54, 1.807) is 0 Å². The first-order valence-electron chi connectivity index (χ1n) is 6.15. The highest BCUT2D eigenvalue weighted by Crippen LogP contribution is 2.33. The van der Waals surface area contributed by atoms with Gasteiger partial charge in [0.1, 0.15) is 0 Å². The molecule has 0 heterocycles. The Morgan fingerprint density at radius 1 is 1.31 bits per heavy atom. The normalized spacial score (nSPS) is 13.6. The molecule has 0 aliphatic rings. The Morgan fingerprint density at radius 2 is 1.94 bits per heavy atom. The quantitative estimate of drug-likeness (QED) is 0.601. The number of rotatable bonds is 8. The zero-order chi connectivity index (χ0) is 12.6. The van der Waals surface area contributed by atoms with Crippen LogP contribution in [0.2, 0.25) is 0 Å². The summed E-state index contributed by atoms with van der Waals surface area (Å²) in [5.41, 5.74) is -0.0573. The third-order valence-electron chi connectivity index (χ3n) is 3.09. The van der Waals surface area contributed by atoms with E-state index in [1.165, 1.54) is 7.11 Å². The Labute approximate surface area is 99.5 Å². The molecule has 0 aliphatic carbocycles. The maximum absolute atomic E-state index is 11.7. The van der Waals surface area contributed by atoms with Crippen LogP contribution in [0.5, 0.6) is 0 Å². The van der Waals surface area contributed by atoms with Crippen LogP contribution >= 0.6 is 0 Å². The maximum Gasteiger partial charge on any atom is 0.311 e. The molecule has 0 aromatic heterocycles. The van der Waals surface area contributed by atoms with Gasteiger partial charge in [-0.3, -0.25) is 4.79 Å². The molecule has 96 valence electrons. The molecule has 0 N–H and O–H groups in total. The van der Waals surface area contributed by atoms with Gasteiger partial charge in [0.05, 0.1) is 19.6 Å². The Morgan fingerprint density at radius 3 is 2.38 bits per heavy atom. The predicted octanol–water partition coefficient (Wildman–Crippen LogP) is 3.03. The first-order chi connectivity index (χ1) is 7.49. The molecule has 0 bridgehead atoms. The number of carbonyl (C=O) groups excluding carboxylic acids is 1. The van der Waals surface area contributed by atoms with Gasteiger partial charge in [0.15, 0.2) is 0 Å². The van der Waals surface area contributed by atoms with E-state index in [9.17, 15) is 4.79 Å². The Hall–Kier alpha value is -0.570. The number of ether oxygens (including phenoxy) is 2. The number of unbranched alkanes of at least 4 members (excludes halogenated alkanes) is 1. The molecular formula is C13H26O3. The van der Waals surface area contributed by atoms with E-state index in [-0.39, 0.29) is 17.3 Å². The molecule has 0 amide bonds. The molecule has 0 radical (unpaired) electrons. The number of hydrogen-bond acceptors (Lipinski definition) is 3. The fourth-order valence-electron chi connectivity index (χ4n) is 1.80. The van der Waals surface area contributed by atoms with E-state index in [2.05, 4.69) is 20.8 Å². The summed E-state index contributed by atoms with van der Waals surface area (Å²) in [6.07, 6.45) is 3.30. The summed E-state index contributed by atoms with van der Waals surface area (Å²) in [5, 5.41) is 0. The van der Waals surface area contributed by atoms with Gasteiger partial charge >= 0.3 is 5.97 Å². The van der Waals surface area contributed by atoms with Crippen molar-refractivity contribution in [2.24, 2.45) is 11.3 Å². The van der Waals surface area contributed by atoms with E-state index in [4.69, 9.17) is 9.47 Å². The molecule has 0 aliphatic heterocycles. The SMILES string of the molecule is CCCCC(C)(C)C(COCC)C(=O)OC. The second-order valence-corrected chi connectivity index (χ2v) is 4.83. The fraction of sp³-hybridized carbons (Fsp3) is 0.923. The monoisotopic (exact) mass is 230 g/mol. The summed E-state index contributed by atoms with van der Waals surface area (Å²) in [6, 6.07) is 0. The van der Waals surface area contributed by atoms with Crippen molar-refractivity contribution in [3.63, 3.8) is 0 Å². The molecule has 0 aromatic carbocycles. The van der Waals surface area contributed by atoms with Crippen LogP contribution in [0.1, 0.15) is 47.0 Å². The van der Waals surface area contributed by atoms with Gasteiger partial charge in [-0.15, -0.1) is 0 Å². The third-order valence-corrected chi connectivity index (χ3v) is 3.09. The topological polar surface area (TPSA) is 35.5 Å². The van der Waals surface area contributed by atoms with Crippen LogP contribution < -0.4 is 0 Å². The molecule has 3 nitrogen and oxygen atoms in total. The first-order valence-corrected chi connectivity index (χ1v) is 6.15. The van der Waals surface area contributed by atoms with Gasteiger partial charge in [0.25, 0.3) is 0 Å². The summed E-state index contributed by atoms with van der Waals surface area (Å²) < 4.78 is 10.2. The largest absolute Gasteiger partial charge is 0.469 e. The highest BCUT2D eigenvalue weighted by atomic mass is 16.5. The smallest absolute Gasteiger partial charge is 0.311 e. The number of hydrogen-bond donors (Lipinski definition) is 0. The Bertz CT molecular complexity index is 199.